The van der Waals surface area contributed by atoms with Gasteiger partial charge >= 0.3 is 0 Å². The Labute approximate surface area is 79.2 Å². The van der Waals surface area contributed by atoms with Crippen molar-refractivity contribution >= 4 is 5.91 Å². The lowest BCUT2D eigenvalue weighted by molar-refractivity contribution is 0.0827. The van der Waals surface area contributed by atoms with Crippen molar-refractivity contribution in [3.05, 3.63) is 42.3 Å². The number of hydrogen-bond acceptors (Lipinski definition) is 1. The predicted molar refractivity (Wildman–Crippen MR) is 53.5 cm³/mol. The van der Waals surface area contributed by atoms with Crippen molar-refractivity contribution in [1.82, 2.24) is 4.90 Å². The molecule has 1 radical (unpaired) electrons. The summed E-state index contributed by atoms with van der Waals surface area (Å²) in [6.45, 7) is 3.78. The van der Waals surface area contributed by atoms with Crippen LogP contribution < -0.4 is 0 Å². The fraction of sp³-hybridized carbons (Fsp3) is 0.273. The molecular weight excluding hydrogens is 162 g/mol. The van der Waals surface area contributed by atoms with Gasteiger partial charge in [-0.05, 0) is 31.0 Å². The van der Waals surface area contributed by atoms with E-state index < -0.39 is 0 Å². The zero-order chi connectivity index (χ0) is 9.84. The molecule has 0 aromatic heterocycles. The van der Waals surface area contributed by atoms with Gasteiger partial charge in [0.15, 0.2) is 0 Å². The highest BCUT2D eigenvalue weighted by Gasteiger charge is 2.06. The van der Waals surface area contributed by atoms with Crippen LogP contribution in [0.25, 0.3) is 0 Å². The molecule has 0 fully saturated rings. The van der Waals surface area contributed by atoms with Gasteiger partial charge in [0.05, 0.1) is 0 Å². The third kappa shape index (κ3) is 2.31. The molecule has 2 nitrogen and oxygen atoms in total. The highest BCUT2D eigenvalue weighted by Crippen LogP contribution is 2.07. The summed E-state index contributed by atoms with van der Waals surface area (Å²) in [5, 5.41) is 0. The zero-order valence-electron chi connectivity index (χ0n) is 8.08. The van der Waals surface area contributed by atoms with Crippen LogP contribution in [0.2, 0.25) is 0 Å². The summed E-state index contributed by atoms with van der Waals surface area (Å²) in [6.07, 6.45) is 0.717. The lowest BCUT2D eigenvalue weighted by atomic mass is 10.1. The Hall–Kier alpha value is -1.31. The van der Waals surface area contributed by atoms with E-state index in [-0.39, 0.29) is 5.91 Å². The summed E-state index contributed by atoms with van der Waals surface area (Å²) in [5.74, 6) is 0.0373. The monoisotopic (exact) mass is 176 g/mol. The molecule has 0 aliphatic rings. The maximum absolute atomic E-state index is 11.5. The lowest BCUT2D eigenvalue weighted by Crippen LogP contribution is -2.21. The van der Waals surface area contributed by atoms with Crippen molar-refractivity contribution < 1.29 is 4.79 Å². The van der Waals surface area contributed by atoms with Crippen molar-refractivity contribution in [3.8, 4) is 0 Å². The molecule has 0 bridgehead atoms. The van der Waals surface area contributed by atoms with E-state index in [1.165, 1.54) is 0 Å². The maximum atomic E-state index is 11.5. The van der Waals surface area contributed by atoms with E-state index in [0.717, 1.165) is 11.1 Å². The molecule has 1 amide bonds. The summed E-state index contributed by atoms with van der Waals surface area (Å²) >= 11 is 0. The van der Waals surface area contributed by atoms with Gasteiger partial charge in [0.2, 0.25) is 0 Å². The number of nitrogens with zero attached hydrogens (tertiary/aromatic N) is 1. The molecule has 1 aromatic carbocycles. The van der Waals surface area contributed by atoms with Crippen LogP contribution in [0.3, 0.4) is 0 Å². The molecular formula is C11H14NO. The molecule has 0 saturated carbocycles. The van der Waals surface area contributed by atoms with Gasteiger partial charge < -0.3 is 4.90 Å². The quantitative estimate of drug-likeness (QED) is 0.672. The normalized spacial score (nSPS) is 9.77. The number of carbonyl (C=O) groups is 1. The summed E-state index contributed by atoms with van der Waals surface area (Å²) in [5.41, 5.74) is 1.82. The van der Waals surface area contributed by atoms with Crippen LogP contribution in [0.1, 0.15) is 15.9 Å². The molecule has 0 N–H and O–H groups in total. The first-order valence-corrected chi connectivity index (χ1v) is 4.25. The van der Waals surface area contributed by atoms with Crippen LogP contribution in [0.15, 0.2) is 24.3 Å². The summed E-state index contributed by atoms with van der Waals surface area (Å²) in [4.78, 5) is 13.1. The van der Waals surface area contributed by atoms with Gasteiger partial charge in [-0.2, -0.15) is 0 Å². The number of carbonyl (C=O) groups excluding carboxylic acids is 1. The second-order valence-electron chi connectivity index (χ2n) is 3.15. The molecule has 13 heavy (non-hydrogen) atoms. The minimum absolute atomic E-state index is 0.0373. The van der Waals surface area contributed by atoms with Crippen LogP contribution in [-0.4, -0.2) is 24.9 Å². The van der Waals surface area contributed by atoms with E-state index in [4.69, 9.17) is 0 Å². The van der Waals surface area contributed by atoms with Crippen LogP contribution >= 0.6 is 0 Å². The Morgan fingerprint density at radius 1 is 1.46 bits per heavy atom. The molecule has 2 heteroatoms. The average Bonchev–Trinajstić information content (AvgIpc) is 2.16. The van der Waals surface area contributed by atoms with Gasteiger partial charge in [0.25, 0.3) is 5.91 Å². The van der Waals surface area contributed by atoms with Gasteiger partial charge in [-0.15, -0.1) is 0 Å². The van der Waals surface area contributed by atoms with Crippen molar-refractivity contribution in [2.24, 2.45) is 0 Å². The van der Waals surface area contributed by atoms with Gasteiger partial charge in [0.1, 0.15) is 0 Å². The Kier molecular flexibility index (Phi) is 3.07. The van der Waals surface area contributed by atoms with Crippen molar-refractivity contribution in [2.45, 2.75) is 6.42 Å². The molecule has 1 aromatic rings. The molecule has 0 aliphatic carbocycles. The molecule has 0 atom stereocenters. The van der Waals surface area contributed by atoms with E-state index in [2.05, 4.69) is 6.92 Å². The van der Waals surface area contributed by atoms with Gasteiger partial charge in [0, 0.05) is 19.7 Å². The fourth-order valence-corrected chi connectivity index (χ4v) is 1.12. The SMILES string of the molecule is [CH2]Cc1cccc(C(=O)N(C)C)c1. The summed E-state index contributed by atoms with van der Waals surface area (Å²) < 4.78 is 0. The minimum Gasteiger partial charge on any atom is -0.345 e. The number of hydrogen-bond donors (Lipinski definition) is 0. The first-order chi connectivity index (χ1) is 6.15. The number of benzene rings is 1. The first kappa shape index (κ1) is 9.78. The van der Waals surface area contributed by atoms with Crippen molar-refractivity contribution in [2.75, 3.05) is 14.1 Å². The molecule has 0 saturated heterocycles. The highest BCUT2D eigenvalue weighted by molar-refractivity contribution is 5.94. The maximum Gasteiger partial charge on any atom is 0.253 e. The van der Waals surface area contributed by atoms with Crippen LogP contribution in [0.4, 0.5) is 0 Å². The smallest absolute Gasteiger partial charge is 0.253 e. The van der Waals surface area contributed by atoms with Gasteiger partial charge in [-0.25, -0.2) is 0 Å². The topological polar surface area (TPSA) is 20.3 Å². The fourth-order valence-electron chi connectivity index (χ4n) is 1.12. The van der Waals surface area contributed by atoms with E-state index in [0.29, 0.717) is 6.42 Å². The predicted octanol–water partition coefficient (Wildman–Crippen LogP) is 1.76. The molecule has 1 rings (SSSR count). The Balaban J connectivity index is 2.95. The number of rotatable bonds is 2. The van der Waals surface area contributed by atoms with Gasteiger partial charge in [-0.3, -0.25) is 4.79 Å². The van der Waals surface area contributed by atoms with E-state index >= 15 is 0 Å². The van der Waals surface area contributed by atoms with Crippen LogP contribution in [0, 0.1) is 6.92 Å². The van der Waals surface area contributed by atoms with Crippen molar-refractivity contribution in [1.29, 1.82) is 0 Å². The second kappa shape index (κ2) is 4.08. The zero-order valence-corrected chi connectivity index (χ0v) is 8.08. The Morgan fingerprint density at radius 2 is 2.15 bits per heavy atom. The van der Waals surface area contributed by atoms with Crippen LogP contribution in [-0.2, 0) is 6.42 Å². The van der Waals surface area contributed by atoms with E-state index in [1.54, 1.807) is 19.0 Å². The largest absolute Gasteiger partial charge is 0.345 e. The van der Waals surface area contributed by atoms with Crippen LogP contribution in [0.5, 0.6) is 0 Å². The summed E-state index contributed by atoms with van der Waals surface area (Å²) in [6, 6.07) is 7.56. The summed E-state index contributed by atoms with van der Waals surface area (Å²) in [7, 11) is 3.50. The Morgan fingerprint density at radius 3 is 2.69 bits per heavy atom. The third-order valence-corrected chi connectivity index (χ3v) is 1.87. The molecule has 0 heterocycles. The average molecular weight is 176 g/mol. The molecule has 0 spiro atoms. The number of amides is 1. The third-order valence-electron chi connectivity index (χ3n) is 1.87. The molecule has 0 unspecified atom stereocenters. The first-order valence-electron chi connectivity index (χ1n) is 4.25. The highest BCUT2D eigenvalue weighted by atomic mass is 16.2. The van der Waals surface area contributed by atoms with Crippen molar-refractivity contribution in [3.63, 3.8) is 0 Å². The van der Waals surface area contributed by atoms with E-state index in [9.17, 15) is 4.79 Å². The standard InChI is InChI=1S/C11H14NO/c1-4-9-6-5-7-10(8-9)11(13)12(2)3/h5-8H,1,4H2,2-3H3. The Bertz CT molecular complexity index is 305. The molecule has 0 aliphatic heterocycles. The van der Waals surface area contributed by atoms with Gasteiger partial charge in [-0.1, -0.05) is 12.1 Å². The lowest BCUT2D eigenvalue weighted by Gasteiger charge is -2.10. The minimum atomic E-state index is 0.0373. The van der Waals surface area contributed by atoms with E-state index in [1.807, 2.05) is 24.3 Å². The second-order valence-corrected chi connectivity index (χ2v) is 3.15. The molecule has 69 valence electrons.